The van der Waals surface area contributed by atoms with Crippen LogP contribution in [0.1, 0.15) is 27.2 Å². The molecule has 4 N–H and O–H groups in total. The first kappa shape index (κ1) is 20.2. The van der Waals surface area contributed by atoms with Gasteiger partial charge in [-0.15, -0.1) is 0 Å². The van der Waals surface area contributed by atoms with Crippen molar-refractivity contribution >= 4 is 36.1 Å². The summed E-state index contributed by atoms with van der Waals surface area (Å²) < 4.78 is 33.1. The van der Waals surface area contributed by atoms with Crippen molar-refractivity contribution in [2.45, 2.75) is 27.2 Å². The molecule has 0 saturated carbocycles. The molecule has 0 fully saturated rings. The largest absolute Gasteiger partial charge is 0.466 e. The molecule has 0 aromatic heterocycles. The Labute approximate surface area is 131 Å². The molecule has 0 aliphatic carbocycles. The van der Waals surface area contributed by atoms with Crippen LogP contribution in [0.25, 0.3) is 0 Å². The van der Waals surface area contributed by atoms with Gasteiger partial charge in [-0.05, 0) is 6.92 Å². The average molecular weight is 377 g/mol. The molecular formula is C13H20AsNO7. The molecule has 0 aliphatic rings. The zero-order valence-corrected chi connectivity index (χ0v) is 14.4. The third-order valence-electron chi connectivity index (χ3n) is 2.22. The van der Waals surface area contributed by atoms with Crippen LogP contribution < -0.4 is 9.67 Å². The van der Waals surface area contributed by atoms with Gasteiger partial charge in [0.2, 0.25) is 0 Å². The van der Waals surface area contributed by atoms with Gasteiger partial charge in [0.1, 0.15) is 0 Å². The van der Waals surface area contributed by atoms with Gasteiger partial charge in [0, 0.05) is 6.42 Å². The van der Waals surface area contributed by atoms with Crippen LogP contribution in [0, 0.1) is 0 Å². The molecule has 124 valence electrons. The summed E-state index contributed by atoms with van der Waals surface area (Å²) in [6.07, 6.45) is 0.480. The Kier molecular flexibility index (Phi) is 8.55. The number of aromatic hydroxyl groups is 1. The van der Waals surface area contributed by atoms with Gasteiger partial charge in [0.05, 0.1) is 6.61 Å². The number of hydrogen-bond donors (Lipinski definition) is 4. The quantitative estimate of drug-likeness (QED) is 0.326. The number of carbonyl (C=O) groups is 2. The molecule has 1 aromatic rings. The van der Waals surface area contributed by atoms with E-state index in [1.54, 1.807) is 13.8 Å². The third-order valence-corrected chi connectivity index (χ3v) is 4.22. The van der Waals surface area contributed by atoms with E-state index in [1.165, 1.54) is 6.92 Å². The van der Waals surface area contributed by atoms with Crippen LogP contribution in [-0.4, -0.2) is 46.0 Å². The second-order valence-corrected chi connectivity index (χ2v) is 7.45. The topological polar surface area (TPSA) is 133 Å². The Balaban J connectivity index is 0.000000534. The van der Waals surface area contributed by atoms with Gasteiger partial charge in [-0.25, -0.2) is 0 Å². The van der Waals surface area contributed by atoms with E-state index >= 15 is 0 Å². The second kappa shape index (κ2) is 9.30. The van der Waals surface area contributed by atoms with Crippen molar-refractivity contribution < 1.29 is 31.4 Å². The van der Waals surface area contributed by atoms with Crippen molar-refractivity contribution in [1.29, 1.82) is 0 Å². The third kappa shape index (κ3) is 7.87. The molecule has 22 heavy (non-hydrogen) atoms. The fraction of sp³-hybridized carbons (Fsp3) is 0.385. The minimum atomic E-state index is -4.98. The molecule has 0 bridgehead atoms. The van der Waals surface area contributed by atoms with Gasteiger partial charge < -0.3 is 4.74 Å². The summed E-state index contributed by atoms with van der Waals surface area (Å²) in [4.78, 5) is 20.9. The van der Waals surface area contributed by atoms with E-state index in [0.717, 1.165) is 18.2 Å². The van der Waals surface area contributed by atoms with Crippen LogP contribution in [0.2, 0.25) is 0 Å². The van der Waals surface area contributed by atoms with E-state index in [-0.39, 0.29) is 21.8 Å². The maximum absolute atomic E-state index is 10.9. The Morgan fingerprint density at radius 2 is 1.86 bits per heavy atom. The average Bonchev–Trinajstić information content (AvgIpc) is 2.40. The predicted octanol–water partition coefficient (Wildman–Crippen LogP) is -0.129. The first-order valence-electron chi connectivity index (χ1n) is 6.44. The van der Waals surface area contributed by atoms with Crippen LogP contribution >= 0.6 is 0 Å². The maximum atomic E-state index is 10.9. The Morgan fingerprint density at radius 3 is 2.23 bits per heavy atom. The minimum absolute atomic E-state index is 0.00951. The van der Waals surface area contributed by atoms with Gasteiger partial charge in [-0.1, -0.05) is 6.92 Å². The summed E-state index contributed by atoms with van der Waals surface area (Å²) in [6.45, 7) is 5.30. The number of rotatable bonds is 4. The zero-order valence-electron chi connectivity index (χ0n) is 12.6. The normalized spacial score (nSPS) is 10.2. The van der Waals surface area contributed by atoms with Crippen LogP contribution in [0.4, 0.5) is 5.69 Å². The number of anilines is 1. The summed E-state index contributed by atoms with van der Waals surface area (Å²) in [5.41, 5.74) is -0.00951. The summed E-state index contributed by atoms with van der Waals surface area (Å²) in [5.74, 6) is -0.791. The van der Waals surface area contributed by atoms with Gasteiger partial charge >= 0.3 is 94.1 Å². The molecule has 1 aromatic carbocycles. The predicted molar refractivity (Wildman–Crippen MR) is 79.8 cm³/mol. The maximum Gasteiger partial charge on any atom is 0.305 e. The van der Waals surface area contributed by atoms with E-state index in [2.05, 4.69) is 10.1 Å². The second-order valence-electron chi connectivity index (χ2n) is 4.09. The molecule has 0 atom stereocenters. The molecule has 0 unspecified atom stereocenters. The molecule has 0 spiro atoms. The summed E-state index contributed by atoms with van der Waals surface area (Å²) in [7, 11) is 0. The van der Waals surface area contributed by atoms with E-state index in [4.69, 9.17) is 8.19 Å². The van der Waals surface area contributed by atoms with Crippen LogP contribution in [0.15, 0.2) is 18.2 Å². The fourth-order valence-corrected chi connectivity index (χ4v) is 2.45. The van der Waals surface area contributed by atoms with Crippen molar-refractivity contribution in [1.82, 2.24) is 0 Å². The first-order valence-corrected chi connectivity index (χ1v) is 9.82. The Hall–Kier alpha value is -1.76. The Morgan fingerprint density at radius 1 is 1.27 bits per heavy atom. The molecule has 8 nitrogen and oxygen atoms in total. The number of phenols is 1. The molecule has 9 heteroatoms. The zero-order chi connectivity index (χ0) is 17.3. The van der Waals surface area contributed by atoms with E-state index in [1.807, 2.05) is 0 Å². The molecule has 0 saturated heterocycles. The summed E-state index contributed by atoms with van der Waals surface area (Å²) in [6, 6.07) is 3.32. The van der Waals surface area contributed by atoms with E-state index in [9.17, 15) is 18.4 Å². The SMILES string of the molecule is CC(=O)Nc1cc([As](=O)(O)O)ccc1O.CCOC(=O)CC. The van der Waals surface area contributed by atoms with Gasteiger partial charge in [-0.2, -0.15) is 0 Å². The fourth-order valence-electron chi connectivity index (χ4n) is 1.26. The number of nitrogens with one attached hydrogen (secondary N) is 1. The summed E-state index contributed by atoms with van der Waals surface area (Å²) in [5, 5.41) is 11.6. The number of hydrogen-bond acceptors (Lipinski definition) is 5. The van der Waals surface area contributed by atoms with Gasteiger partial charge in [0.25, 0.3) is 0 Å². The molecular weight excluding hydrogens is 357 g/mol. The number of phenolic OH excluding ortho intramolecular Hbond substituents is 1. The van der Waals surface area contributed by atoms with Crippen molar-refractivity contribution in [2.75, 3.05) is 11.9 Å². The molecule has 0 radical (unpaired) electrons. The molecule has 1 rings (SSSR count). The smallest absolute Gasteiger partial charge is 0.305 e. The van der Waals surface area contributed by atoms with Crippen molar-refractivity contribution in [2.24, 2.45) is 0 Å². The summed E-state index contributed by atoms with van der Waals surface area (Å²) >= 11 is -4.98. The van der Waals surface area contributed by atoms with Crippen molar-refractivity contribution in [3.8, 4) is 5.75 Å². The number of benzene rings is 1. The van der Waals surface area contributed by atoms with Gasteiger partial charge in [-0.3, -0.25) is 4.79 Å². The number of amides is 1. The Bertz CT molecular complexity index is 568. The van der Waals surface area contributed by atoms with Crippen LogP contribution in [-0.2, 0) is 18.1 Å². The van der Waals surface area contributed by atoms with E-state index in [0.29, 0.717) is 13.0 Å². The monoisotopic (exact) mass is 377 g/mol. The molecule has 0 heterocycles. The van der Waals surface area contributed by atoms with Crippen molar-refractivity contribution in [3.05, 3.63) is 18.2 Å². The van der Waals surface area contributed by atoms with Crippen molar-refractivity contribution in [3.63, 3.8) is 0 Å². The molecule has 0 aliphatic heterocycles. The van der Waals surface area contributed by atoms with Crippen LogP contribution in [0.3, 0.4) is 0 Å². The number of ether oxygens (including phenoxy) is 1. The number of carbonyl (C=O) groups excluding carboxylic acids is 2. The van der Waals surface area contributed by atoms with Crippen LogP contribution in [0.5, 0.6) is 5.75 Å². The van der Waals surface area contributed by atoms with E-state index < -0.39 is 20.1 Å². The standard InChI is InChI=1S/C8H10AsNO5.C5H10O2/c1-5(11)10-7-4-6(9(13,14)15)2-3-8(7)12;1-3-5(6)7-4-2/h2-4,12H,1H3,(H,10,11)(H2,13,14,15);3-4H2,1-2H3. The number of esters is 1. The van der Waals surface area contributed by atoms with Gasteiger partial charge in [0.15, 0.2) is 0 Å². The minimum Gasteiger partial charge on any atom is -0.466 e. The first-order chi connectivity index (χ1) is 10.1. The molecule has 1 amide bonds.